The first-order valence-corrected chi connectivity index (χ1v) is 10.1. The molecule has 7 heteroatoms. The second-order valence-electron chi connectivity index (χ2n) is 7.24. The minimum atomic E-state index is 0.204. The Kier molecular flexibility index (Phi) is 5.43. The third-order valence-electron chi connectivity index (χ3n) is 5.30. The molecular weight excluding hydrogens is 354 g/mol. The largest absolute Gasteiger partial charge is 0.382 e. The van der Waals surface area contributed by atoms with Crippen LogP contribution in [0.15, 0.2) is 24.3 Å². The van der Waals surface area contributed by atoms with Crippen molar-refractivity contribution in [3.63, 3.8) is 0 Å². The standard InChI is InChI=1S/C21H27N5O2/c1-2-6-17-24-19-20(15-7-3-4-8-16(15)23-21(19)22)26(17)10-5-9-18(27)25-11-13-28-14-12-25/h3-4,7-8H,2,5-6,9-14H2,1H3,(H2,22,23). The van der Waals surface area contributed by atoms with Crippen LogP contribution in [0.1, 0.15) is 32.0 Å². The number of amides is 1. The normalized spacial score (nSPS) is 14.8. The number of carbonyl (C=O) groups is 1. The van der Waals surface area contributed by atoms with Crippen LogP contribution in [0.2, 0.25) is 0 Å². The van der Waals surface area contributed by atoms with Crippen LogP contribution in [0.4, 0.5) is 5.82 Å². The number of ether oxygens (including phenoxy) is 1. The fourth-order valence-corrected chi connectivity index (χ4v) is 3.92. The summed E-state index contributed by atoms with van der Waals surface area (Å²) >= 11 is 0. The summed E-state index contributed by atoms with van der Waals surface area (Å²) < 4.78 is 7.57. The highest BCUT2D eigenvalue weighted by Crippen LogP contribution is 2.29. The monoisotopic (exact) mass is 381 g/mol. The molecule has 1 aliphatic heterocycles. The molecule has 2 aromatic heterocycles. The van der Waals surface area contributed by atoms with Gasteiger partial charge in [0.25, 0.3) is 0 Å². The fraction of sp³-hybridized carbons (Fsp3) is 0.476. The molecule has 0 radical (unpaired) electrons. The number of rotatable bonds is 6. The number of pyridine rings is 1. The van der Waals surface area contributed by atoms with Gasteiger partial charge in [0.2, 0.25) is 5.91 Å². The maximum absolute atomic E-state index is 12.5. The number of benzene rings is 1. The van der Waals surface area contributed by atoms with Gasteiger partial charge in [0.05, 0.1) is 24.2 Å². The molecule has 1 aromatic carbocycles. The third kappa shape index (κ3) is 3.54. The number of hydrogen-bond donors (Lipinski definition) is 1. The van der Waals surface area contributed by atoms with E-state index >= 15 is 0 Å². The zero-order valence-corrected chi connectivity index (χ0v) is 16.4. The highest BCUT2D eigenvalue weighted by atomic mass is 16.5. The number of morpholine rings is 1. The number of carbonyl (C=O) groups excluding carboxylic acids is 1. The molecule has 1 fully saturated rings. The van der Waals surface area contributed by atoms with Gasteiger partial charge < -0.3 is 19.9 Å². The molecule has 0 aliphatic carbocycles. The summed E-state index contributed by atoms with van der Waals surface area (Å²) in [5.41, 5.74) is 8.89. The predicted molar refractivity (Wildman–Crippen MR) is 110 cm³/mol. The Bertz CT molecular complexity index is 991. The minimum Gasteiger partial charge on any atom is -0.382 e. The Morgan fingerprint density at radius 3 is 2.79 bits per heavy atom. The third-order valence-corrected chi connectivity index (χ3v) is 5.30. The van der Waals surface area contributed by atoms with E-state index < -0.39 is 0 Å². The molecule has 0 bridgehead atoms. The zero-order valence-electron chi connectivity index (χ0n) is 16.4. The van der Waals surface area contributed by atoms with Crippen molar-refractivity contribution in [1.82, 2.24) is 19.4 Å². The van der Waals surface area contributed by atoms with E-state index in [4.69, 9.17) is 15.5 Å². The van der Waals surface area contributed by atoms with E-state index in [0.717, 1.165) is 53.6 Å². The Labute approximate surface area is 164 Å². The van der Waals surface area contributed by atoms with Crippen LogP contribution < -0.4 is 5.73 Å². The molecule has 0 saturated carbocycles. The molecule has 0 atom stereocenters. The van der Waals surface area contributed by atoms with Crippen molar-refractivity contribution in [2.75, 3.05) is 32.0 Å². The average Bonchev–Trinajstić information content (AvgIpc) is 3.08. The van der Waals surface area contributed by atoms with Gasteiger partial charge >= 0.3 is 0 Å². The molecule has 28 heavy (non-hydrogen) atoms. The van der Waals surface area contributed by atoms with Crippen molar-refractivity contribution < 1.29 is 9.53 Å². The summed E-state index contributed by atoms with van der Waals surface area (Å²) in [6.07, 6.45) is 3.18. The molecule has 1 saturated heterocycles. The second kappa shape index (κ2) is 8.14. The van der Waals surface area contributed by atoms with Gasteiger partial charge in [-0.25, -0.2) is 9.97 Å². The van der Waals surface area contributed by atoms with Gasteiger partial charge in [-0.3, -0.25) is 4.79 Å². The maximum atomic E-state index is 12.5. The number of nitrogens with zero attached hydrogens (tertiary/aromatic N) is 4. The lowest BCUT2D eigenvalue weighted by Gasteiger charge is -2.26. The lowest BCUT2D eigenvalue weighted by molar-refractivity contribution is -0.135. The van der Waals surface area contributed by atoms with Gasteiger partial charge in [0.15, 0.2) is 5.82 Å². The van der Waals surface area contributed by atoms with E-state index in [9.17, 15) is 4.79 Å². The fourth-order valence-electron chi connectivity index (χ4n) is 3.92. The van der Waals surface area contributed by atoms with Crippen LogP contribution in [0.5, 0.6) is 0 Å². The van der Waals surface area contributed by atoms with E-state index in [1.165, 1.54) is 0 Å². The summed E-state index contributed by atoms with van der Waals surface area (Å²) in [4.78, 5) is 23.7. The van der Waals surface area contributed by atoms with Crippen molar-refractivity contribution >= 4 is 33.7 Å². The second-order valence-corrected chi connectivity index (χ2v) is 7.24. The number of aromatic nitrogens is 3. The van der Waals surface area contributed by atoms with E-state index in [2.05, 4.69) is 22.5 Å². The van der Waals surface area contributed by atoms with Crippen molar-refractivity contribution in [2.45, 2.75) is 39.2 Å². The van der Waals surface area contributed by atoms with Crippen LogP contribution in [0.25, 0.3) is 21.9 Å². The van der Waals surface area contributed by atoms with E-state index in [1.807, 2.05) is 23.1 Å². The molecule has 0 unspecified atom stereocenters. The highest BCUT2D eigenvalue weighted by Gasteiger charge is 2.19. The number of imidazole rings is 1. The zero-order chi connectivity index (χ0) is 19.5. The van der Waals surface area contributed by atoms with Gasteiger partial charge in [-0.05, 0) is 18.9 Å². The molecule has 4 rings (SSSR count). The molecular formula is C21H27N5O2. The number of nitrogen functional groups attached to an aromatic ring is 1. The number of para-hydroxylation sites is 1. The topological polar surface area (TPSA) is 86.3 Å². The molecule has 148 valence electrons. The van der Waals surface area contributed by atoms with Gasteiger partial charge in [0, 0.05) is 37.9 Å². The summed E-state index contributed by atoms with van der Waals surface area (Å²) in [7, 11) is 0. The molecule has 7 nitrogen and oxygen atoms in total. The lowest BCUT2D eigenvalue weighted by Crippen LogP contribution is -2.40. The van der Waals surface area contributed by atoms with Gasteiger partial charge in [0.1, 0.15) is 11.3 Å². The van der Waals surface area contributed by atoms with E-state index in [-0.39, 0.29) is 5.91 Å². The van der Waals surface area contributed by atoms with Gasteiger partial charge in [-0.2, -0.15) is 0 Å². The van der Waals surface area contributed by atoms with E-state index in [0.29, 0.717) is 38.5 Å². The number of aryl methyl sites for hydroxylation is 2. The maximum Gasteiger partial charge on any atom is 0.222 e. The van der Waals surface area contributed by atoms with Crippen molar-refractivity contribution in [1.29, 1.82) is 0 Å². The Balaban J connectivity index is 1.63. The van der Waals surface area contributed by atoms with Crippen molar-refractivity contribution in [3.8, 4) is 0 Å². The number of nitrogens with two attached hydrogens (primary N) is 1. The smallest absolute Gasteiger partial charge is 0.222 e. The van der Waals surface area contributed by atoms with Crippen LogP contribution in [-0.2, 0) is 22.5 Å². The summed E-state index contributed by atoms with van der Waals surface area (Å²) in [6, 6.07) is 8.02. The van der Waals surface area contributed by atoms with Crippen LogP contribution in [0, 0.1) is 0 Å². The number of anilines is 1. The lowest BCUT2D eigenvalue weighted by atomic mass is 10.1. The highest BCUT2D eigenvalue weighted by molar-refractivity contribution is 6.06. The molecule has 3 aromatic rings. The molecule has 2 N–H and O–H groups in total. The van der Waals surface area contributed by atoms with Crippen LogP contribution in [-0.4, -0.2) is 51.6 Å². The number of hydrogen-bond acceptors (Lipinski definition) is 5. The first kappa shape index (κ1) is 18.7. The molecule has 0 spiro atoms. The van der Waals surface area contributed by atoms with Crippen molar-refractivity contribution in [2.24, 2.45) is 0 Å². The SMILES string of the molecule is CCCc1nc2c(N)nc3ccccc3c2n1CCCC(=O)N1CCOCC1. The molecule has 1 aliphatic rings. The predicted octanol–water partition coefficient (Wildman–Crippen LogP) is 2.76. The Morgan fingerprint density at radius 1 is 1.21 bits per heavy atom. The molecule has 1 amide bonds. The Morgan fingerprint density at radius 2 is 2.00 bits per heavy atom. The Hall–Kier alpha value is -2.67. The molecule has 3 heterocycles. The summed E-state index contributed by atoms with van der Waals surface area (Å²) in [5, 5.41) is 1.06. The van der Waals surface area contributed by atoms with Crippen LogP contribution in [0.3, 0.4) is 0 Å². The average molecular weight is 381 g/mol. The van der Waals surface area contributed by atoms with Crippen molar-refractivity contribution in [3.05, 3.63) is 30.1 Å². The van der Waals surface area contributed by atoms with E-state index in [1.54, 1.807) is 0 Å². The first-order valence-electron chi connectivity index (χ1n) is 10.1. The summed E-state index contributed by atoms with van der Waals surface area (Å²) in [6.45, 7) is 5.55. The minimum absolute atomic E-state index is 0.204. The first-order chi connectivity index (χ1) is 13.7. The summed E-state index contributed by atoms with van der Waals surface area (Å²) in [5.74, 6) is 1.69. The van der Waals surface area contributed by atoms with Crippen LogP contribution >= 0.6 is 0 Å². The van der Waals surface area contributed by atoms with Gasteiger partial charge in [-0.15, -0.1) is 0 Å². The quantitative estimate of drug-likeness (QED) is 0.709. The number of fused-ring (bicyclic) bond motifs is 3. The van der Waals surface area contributed by atoms with Gasteiger partial charge in [-0.1, -0.05) is 25.1 Å².